The first kappa shape index (κ1) is 15.9. The maximum absolute atomic E-state index is 11.9. The Morgan fingerprint density at radius 1 is 1.33 bits per heavy atom. The van der Waals surface area contributed by atoms with Crippen LogP contribution in [0.1, 0.15) is 46.5 Å². The maximum atomic E-state index is 11.9. The zero-order chi connectivity index (χ0) is 15.4. The van der Waals surface area contributed by atoms with Crippen molar-refractivity contribution >= 4 is 5.91 Å². The number of nitriles is 1. The van der Waals surface area contributed by atoms with E-state index in [9.17, 15) is 4.79 Å². The van der Waals surface area contributed by atoms with E-state index in [4.69, 9.17) is 5.26 Å². The van der Waals surface area contributed by atoms with Gasteiger partial charge in [0.2, 0.25) is 0 Å². The smallest absolute Gasteiger partial charge is 0.263 e. The maximum Gasteiger partial charge on any atom is 0.263 e. The number of rotatable bonds is 6. The summed E-state index contributed by atoms with van der Waals surface area (Å²) in [5.74, 6) is 2.55. The van der Waals surface area contributed by atoms with Gasteiger partial charge in [0.25, 0.3) is 5.91 Å². The highest BCUT2D eigenvalue weighted by Crippen LogP contribution is 2.49. The minimum Gasteiger partial charge on any atom is -0.387 e. The lowest BCUT2D eigenvalue weighted by Gasteiger charge is -2.28. The van der Waals surface area contributed by atoms with Crippen molar-refractivity contribution in [2.45, 2.75) is 52.5 Å². The van der Waals surface area contributed by atoms with Crippen molar-refractivity contribution in [2.24, 2.45) is 23.7 Å². The number of nitrogens with one attached hydrogen (secondary N) is 2. The first-order valence-corrected chi connectivity index (χ1v) is 8.15. The average Bonchev–Trinajstić information content (AvgIpc) is 3.08. The summed E-state index contributed by atoms with van der Waals surface area (Å²) in [5.41, 5.74) is 0.172. The Morgan fingerprint density at radius 3 is 2.62 bits per heavy atom. The number of fused-ring (bicyclic) bond motifs is 2. The lowest BCUT2D eigenvalue weighted by Crippen LogP contribution is -2.35. The second-order valence-electron chi connectivity index (χ2n) is 7.07. The summed E-state index contributed by atoms with van der Waals surface area (Å²) in [6, 6.07) is 2.33. The van der Waals surface area contributed by atoms with E-state index in [0.717, 1.165) is 11.8 Å². The molecule has 4 nitrogen and oxygen atoms in total. The molecule has 0 spiro atoms. The summed E-state index contributed by atoms with van der Waals surface area (Å²) in [7, 11) is 0. The van der Waals surface area contributed by atoms with E-state index in [0.29, 0.717) is 24.4 Å². The van der Waals surface area contributed by atoms with Gasteiger partial charge in [-0.2, -0.15) is 5.26 Å². The van der Waals surface area contributed by atoms with Crippen molar-refractivity contribution in [1.29, 1.82) is 5.26 Å². The molecule has 1 amide bonds. The van der Waals surface area contributed by atoms with Crippen LogP contribution in [-0.2, 0) is 4.79 Å². The van der Waals surface area contributed by atoms with E-state index in [1.807, 2.05) is 19.9 Å². The van der Waals surface area contributed by atoms with Gasteiger partial charge in [-0.05, 0) is 49.9 Å². The highest BCUT2D eigenvalue weighted by Gasteiger charge is 2.41. The predicted molar refractivity (Wildman–Crippen MR) is 83.1 cm³/mol. The monoisotopic (exact) mass is 289 g/mol. The highest BCUT2D eigenvalue weighted by molar-refractivity contribution is 5.97. The van der Waals surface area contributed by atoms with Gasteiger partial charge in [-0.1, -0.05) is 20.3 Å². The molecule has 0 radical (unpaired) electrons. The highest BCUT2D eigenvalue weighted by atomic mass is 16.1. The van der Waals surface area contributed by atoms with Crippen LogP contribution in [0.4, 0.5) is 0 Å². The molecule has 0 aromatic carbocycles. The Balaban J connectivity index is 1.86. The minimum absolute atomic E-state index is 0.172. The molecule has 2 bridgehead atoms. The molecule has 2 saturated carbocycles. The molecule has 0 aromatic heterocycles. The third kappa shape index (κ3) is 4.00. The van der Waals surface area contributed by atoms with Gasteiger partial charge in [0, 0.05) is 18.8 Å². The number of carbonyl (C=O) groups excluding carboxylic acids is 1. The Kier molecular flexibility index (Phi) is 5.27. The van der Waals surface area contributed by atoms with Gasteiger partial charge in [0.15, 0.2) is 0 Å². The van der Waals surface area contributed by atoms with Gasteiger partial charge in [-0.15, -0.1) is 0 Å². The van der Waals surface area contributed by atoms with Gasteiger partial charge < -0.3 is 10.6 Å². The molecule has 2 aliphatic rings. The first-order valence-electron chi connectivity index (χ1n) is 8.15. The fraction of sp³-hybridized carbons (Fsp3) is 0.765. The van der Waals surface area contributed by atoms with Crippen molar-refractivity contribution in [2.75, 3.05) is 6.54 Å². The quantitative estimate of drug-likeness (QED) is 0.583. The molecule has 4 atom stereocenters. The summed E-state index contributed by atoms with van der Waals surface area (Å²) in [6.45, 7) is 6.83. The zero-order valence-corrected chi connectivity index (χ0v) is 13.4. The topological polar surface area (TPSA) is 64.9 Å². The molecule has 116 valence electrons. The van der Waals surface area contributed by atoms with Crippen LogP contribution >= 0.6 is 0 Å². The van der Waals surface area contributed by atoms with Crippen molar-refractivity contribution in [1.82, 2.24) is 10.6 Å². The van der Waals surface area contributed by atoms with Gasteiger partial charge in [0.05, 0.1) is 0 Å². The second kappa shape index (κ2) is 6.98. The van der Waals surface area contributed by atoms with Crippen molar-refractivity contribution in [3.63, 3.8) is 0 Å². The normalized spacial score (nSPS) is 29.3. The number of nitrogens with zero attached hydrogens (tertiary/aromatic N) is 1. The Morgan fingerprint density at radius 2 is 2.10 bits per heavy atom. The third-order valence-electron chi connectivity index (χ3n) is 4.96. The van der Waals surface area contributed by atoms with Gasteiger partial charge in [-0.3, -0.25) is 4.79 Å². The molecular weight excluding hydrogens is 262 g/mol. The largest absolute Gasteiger partial charge is 0.387 e. The van der Waals surface area contributed by atoms with Crippen molar-refractivity contribution < 1.29 is 4.79 Å². The number of hydrogen-bond acceptors (Lipinski definition) is 3. The summed E-state index contributed by atoms with van der Waals surface area (Å²) < 4.78 is 0. The predicted octanol–water partition coefficient (Wildman–Crippen LogP) is 2.58. The Labute approximate surface area is 128 Å². The van der Waals surface area contributed by atoms with E-state index in [1.165, 1.54) is 25.7 Å². The lowest BCUT2D eigenvalue weighted by molar-refractivity contribution is -0.117. The Hall–Kier alpha value is -1.50. The molecule has 0 heterocycles. The minimum atomic E-state index is -0.279. The van der Waals surface area contributed by atoms with E-state index >= 15 is 0 Å². The van der Waals surface area contributed by atoms with Crippen LogP contribution in [0.2, 0.25) is 0 Å². The van der Waals surface area contributed by atoms with Crippen LogP contribution in [-0.4, -0.2) is 18.5 Å². The molecule has 4 unspecified atom stereocenters. The van der Waals surface area contributed by atoms with E-state index in [-0.39, 0.29) is 11.5 Å². The molecule has 0 saturated heterocycles. The second-order valence-corrected chi connectivity index (χ2v) is 7.07. The molecule has 0 aliphatic heterocycles. The summed E-state index contributed by atoms with van der Waals surface area (Å²) in [6.07, 6.45) is 7.02. The van der Waals surface area contributed by atoms with Crippen LogP contribution in [0.5, 0.6) is 0 Å². The van der Waals surface area contributed by atoms with E-state index < -0.39 is 0 Å². The third-order valence-corrected chi connectivity index (χ3v) is 4.96. The molecule has 2 aliphatic carbocycles. The van der Waals surface area contributed by atoms with Gasteiger partial charge in [0.1, 0.15) is 11.6 Å². The van der Waals surface area contributed by atoms with Gasteiger partial charge in [-0.25, -0.2) is 0 Å². The fourth-order valence-electron chi connectivity index (χ4n) is 3.79. The molecule has 21 heavy (non-hydrogen) atoms. The summed E-state index contributed by atoms with van der Waals surface area (Å²) >= 11 is 0. The zero-order valence-electron chi connectivity index (χ0n) is 13.4. The summed E-state index contributed by atoms with van der Waals surface area (Å²) in [4.78, 5) is 11.9. The van der Waals surface area contributed by atoms with Gasteiger partial charge >= 0.3 is 0 Å². The molecule has 2 N–H and O–H groups in total. The SMILES string of the molecule is CC(C)CNC(=O)/C(C#N)=C\NC(C)C1CC2CCC1C2. The number of hydrogen-bond donors (Lipinski definition) is 2. The standard InChI is InChI=1S/C17H27N3O/c1-11(2)9-20-17(21)15(8-18)10-19-12(3)16-7-13-4-5-14(16)6-13/h10-14,16,19H,4-7,9H2,1-3H3,(H,20,21)/b15-10-. The van der Waals surface area contributed by atoms with Crippen LogP contribution in [0, 0.1) is 35.0 Å². The Bertz CT molecular complexity index is 449. The summed E-state index contributed by atoms with van der Waals surface area (Å²) in [5, 5.41) is 15.2. The molecule has 4 heteroatoms. The van der Waals surface area contributed by atoms with Crippen LogP contribution in [0.3, 0.4) is 0 Å². The van der Waals surface area contributed by atoms with E-state index in [2.05, 4.69) is 17.6 Å². The van der Waals surface area contributed by atoms with Crippen molar-refractivity contribution in [3.05, 3.63) is 11.8 Å². The average molecular weight is 289 g/mol. The van der Waals surface area contributed by atoms with Crippen LogP contribution in [0.15, 0.2) is 11.8 Å². The first-order chi connectivity index (χ1) is 10.0. The fourth-order valence-corrected chi connectivity index (χ4v) is 3.79. The van der Waals surface area contributed by atoms with Crippen molar-refractivity contribution in [3.8, 4) is 6.07 Å². The number of amides is 1. The lowest BCUT2D eigenvalue weighted by atomic mass is 9.84. The number of carbonyl (C=O) groups is 1. The molecule has 2 fully saturated rings. The van der Waals surface area contributed by atoms with Crippen LogP contribution < -0.4 is 10.6 Å². The van der Waals surface area contributed by atoms with E-state index in [1.54, 1.807) is 6.20 Å². The molecule has 0 aromatic rings. The molecular formula is C17H27N3O. The van der Waals surface area contributed by atoms with Crippen LogP contribution in [0.25, 0.3) is 0 Å². The molecule has 2 rings (SSSR count).